The Bertz CT molecular complexity index is 729. The summed E-state index contributed by atoms with van der Waals surface area (Å²) in [7, 11) is 0. The number of fused-ring (bicyclic) bond motifs is 2. The summed E-state index contributed by atoms with van der Waals surface area (Å²) >= 11 is 0. The lowest BCUT2D eigenvalue weighted by atomic mass is 9.55. The van der Waals surface area contributed by atoms with Crippen LogP contribution in [0.5, 0.6) is 5.75 Å². The van der Waals surface area contributed by atoms with Crippen molar-refractivity contribution in [2.75, 3.05) is 13.1 Å². The van der Waals surface area contributed by atoms with Crippen LogP contribution in [0.1, 0.15) is 62.5 Å². The molecule has 1 heterocycles. The Morgan fingerprint density at radius 3 is 2.71 bits per heavy atom. The van der Waals surface area contributed by atoms with E-state index in [1.165, 1.54) is 43.4 Å². The maximum Gasteiger partial charge on any atom is 0.115 e. The third kappa shape index (κ3) is 1.34. The predicted octanol–water partition coefficient (Wildman–Crippen LogP) is 3.07. The largest absolute Gasteiger partial charge is 0.508 e. The van der Waals surface area contributed by atoms with E-state index in [2.05, 4.69) is 11.0 Å². The number of hydrogen-bond acceptors (Lipinski definition) is 3. The number of hydrogen-bond donors (Lipinski definition) is 2. The van der Waals surface area contributed by atoms with Gasteiger partial charge < -0.3 is 10.2 Å². The molecule has 1 aliphatic heterocycles. The molecule has 3 saturated carbocycles. The van der Waals surface area contributed by atoms with E-state index < -0.39 is 5.60 Å². The average Bonchev–Trinajstić information content (AvgIpc) is 2.87. The topological polar surface area (TPSA) is 43.7 Å². The summed E-state index contributed by atoms with van der Waals surface area (Å²) in [5.74, 6) is 1.23. The van der Waals surface area contributed by atoms with Crippen LogP contribution in [0.2, 0.25) is 0 Å². The number of nitrogens with zero attached hydrogens (tertiary/aromatic N) is 1. The van der Waals surface area contributed by atoms with Crippen molar-refractivity contribution in [1.82, 2.24) is 4.90 Å². The van der Waals surface area contributed by atoms with Crippen LogP contribution >= 0.6 is 0 Å². The number of aromatic hydroxyl groups is 1. The van der Waals surface area contributed by atoms with Gasteiger partial charge in [-0.05, 0) is 61.3 Å². The van der Waals surface area contributed by atoms with Gasteiger partial charge in [0.1, 0.15) is 5.75 Å². The lowest BCUT2D eigenvalue weighted by Crippen LogP contribution is -2.75. The zero-order valence-electron chi connectivity index (χ0n) is 14.3. The first-order chi connectivity index (χ1) is 11.6. The van der Waals surface area contributed by atoms with Gasteiger partial charge in [0.15, 0.2) is 0 Å². The van der Waals surface area contributed by atoms with E-state index in [0.717, 1.165) is 38.1 Å². The molecule has 3 nitrogen and oxygen atoms in total. The maximum absolute atomic E-state index is 12.0. The predicted molar refractivity (Wildman–Crippen MR) is 92.2 cm³/mol. The molecule has 2 N–H and O–H groups in total. The van der Waals surface area contributed by atoms with Gasteiger partial charge in [-0.15, -0.1) is 0 Å². The lowest BCUT2D eigenvalue weighted by Gasteiger charge is -2.63. The van der Waals surface area contributed by atoms with E-state index in [4.69, 9.17) is 0 Å². The van der Waals surface area contributed by atoms with E-state index in [9.17, 15) is 10.2 Å². The van der Waals surface area contributed by atoms with E-state index in [1.54, 1.807) is 0 Å². The summed E-state index contributed by atoms with van der Waals surface area (Å²) in [6, 6.07) is 6.33. The lowest BCUT2D eigenvalue weighted by molar-refractivity contribution is -0.151. The number of rotatable bonds is 2. The van der Waals surface area contributed by atoms with Gasteiger partial charge in [-0.3, -0.25) is 4.90 Å². The fourth-order valence-electron chi connectivity index (χ4n) is 7.47. The number of aliphatic hydroxyl groups is 1. The van der Waals surface area contributed by atoms with Crippen molar-refractivity contribution in [1.29, 1.82) is 0 Å². The summed E-state index contributed by atoms with van der Waals surface area (Å²) in [6.45, 7) is 2.31. The molecule has 128 valence electrons. The molecule has 1 aromatic rings. The second-order valence-electron chi connectivity index (χ2n) is 9.41. The number of benzene rings is 1. The summed E-state index contributed by atoms with van der Waals surface area (Å²) < 4.78 is 0. The van der Waals surface area contributed by atoms with Gasteiger partial charge in [-0.25, -0.2) is 0 Å². The quantitative estimate of drug-likeness (QED) is 0.878. The SMILES string of the molecule is Oc1ccc2c(c1)[C@@]13CCCC[C@@]1(O)[C@@H]1N(CC4CCC4)CC21C3. The molecule has 4 fully saturated rings. The Labute approximate surface area is 143 Å². The highest BCUT2D eigenvalue weighted by atomic mass is 16.3. The maximum atomic E-state index is 12.0. The molecule has 24 heavy (non-hydrogen) atoms. The molecule has 5 aliphatic rings. The first-order valence-electron chi connectivity index (χ1n) is 9.90. The minimum atomic E-state index is -0.575. The third-order valence-electron chi connectivity index (χ3n) is 8.46. The average molecular weight is 325 g/mol. The molecular formula is C21H27NO2. The van der Waals surface area contributed by atoms with Gasteiger partial charge in [0.05, 0.1) is 11.6 Å². The molecule has 0 amide bonds. The summed E-state index contributed by atoms with van der Waals surface area (Å²) in [6.07, 6.45) is 9.66. The summed E-state index contributed by atoms with van der Waals surface area (Å²) in [5.41, 5.74) is 2.21. The van der Waals surface area contributed by atoms with Crippen molar-refractivity contribution in [3.05, 3.63) is 29.3 Å². The van der Waals surface area contributed by atoms with Gasteiger partial charge in [-0.1, -0.05) is 25.3 Å². The first kappa shape index (κ1) is 14.1. The van der Waals surface area contributed by atoms with Crippen LogP contribution in [0.4, 0.5) is 0 Å². The third-order valence-corrected chi connectivity index (χ3v) is 8.46. The van der Waals surface area contributed by atoms with E-state index in [1.807, 2.05) is 12.1 Å². The van der Waals surface area contributed by atoms with Crippen molar-refractivity contribution in [3.63, 3.8) is 0 Å². The van der Waals surface area contributed by atoms with Gasteiger partial charge in [0, 0.05) is 23.9 Å². The molecule has 6 rings (SSSR count). The monoisotopic (exact) mass is 325 g/mol. The zero-order valence-corrected chi connectivity index (χ0v) is 14.3. The Kier molecular flexibility index (Phi) is 2.47. The van der Waals surface area contributed by atoms with Crippen LogP contribution in [0.25, 0.3) is 0 Å². The molecule has 0 radical (unpaired) electrons. The van der Waals surface area contributed by atoms with Crippen molar-refractivity contribution in [3.8, 4) is 5.75 Å². The summed E-state index contributed by atoms with van der Waals surface area (Å²) in [4.78, 5) is 2.63. The Hall–Kier alpha value is -1.06. The van der Waals surface area contributed by atoms with Crippen LogP contribution in [0, 0.1) is 5.92 Å². The van der Waals surface area contributed by atoms with Crippen molar-refractivity contribution in [2.45, 2.75) is 73.8 Å². The molecule has 4 atom stereocenters. The van der Waals surface area contributed by atoms with Crippen LogP contribution in [0.3, 0.4) is 0 Å². The van der Waals surface area contributed by atoms with Crippen molar-refractivity contribution >= 4 is 0 Å². The van der Waals surface area contributed by atoms with E-state index >= 15 is 0 Å². The van der Waals surface area contributed by atoms with Gasteiger partial charge >= 0.3 is 0 Å². The highest BCUT2D eigenvalue weighted by molar-refractivity contribution is 5.60. The van der Waals surface area contributed by atoms with Crippen LogP contribution in [-0.4, -0.2) is 39.8 Å². The molecular weight excluding hydrogens is 298 g/mol. The molecule has 1 saturated heterocycles. The number of phenolic OH excluding ortho intramolecular Hbond substituents is 1. The highest BCUT2D eigenvalue weighted by Gasteiger charge is 2.80. The fraction of sp³-hybridized carbons (Fsp3) is 0.714. The Morgan fingerprint density at radius 1 is 1.08 bits per heavy atom. The van der Waals surface area contributed by atoms with Gasteiger partial charge in [-0.2, -0.15) is 0 Å². The van der Waals surface area contributed by atoms with E-state index in [0.29, 0.717) is 11.8 Å². The molecule has 2 spiro atoms. The fourth-order valence-corrected chi connectivity index (χ4v) is 7.47. The smallest absolute Gasteiger partial charge is 0.115 e. The van der Waals surface area contributed by atoms with Crippen molar-refractivity contribution < 1.29 is 10.2 Å². The van der Waals surface area contributed by atoms with Gasteiger partial charge in [0.2, 0.25) is 0 Å². The molecule has 0 aromatic heterocycles. The minimum absolute atomic E-state index is 0.0989. The molecule has 1 aromatic carbocycles. The Morgan fingerprint density at radius 2 is 1.92 bits per heavy atom. The van der Waals surface area contributed by atoms with Crippen LogP contribution in [0.15, 0.2) is 18.2 Å². The summed E-state index contributed by atoms with van der Waals surface area (Å²) in [5, 5.41) is 22.0. The first-order valence-corrected chi connectivity index (χ1v) is 9.90. The van der Waals surface area contributed by atoms with Crippen LogP contribution < -0.4 is 0 Å². The number of likely N-dealkylation sites (tertiary alicyclic amines) is 1. The second-order valence-corrected chi connectivity index (χ2v) is 9.41. The molecule has 2 bridgehead atoms. The van der Waals surface area contributed by atoms with Crippen LogP contribution in [-0.2, 0) is 10.8 Å². The number of phenols is 1. The standard InChI is InChI=1S/C21H27NO2/c23-15-6-7-16-17(10-15)20-8-1-2-9-21(20,24)18-19(16,12-20)13-22(18)11-14-4-3-5-14/h6-7,10,14,18,23-24H,1-5,8-9,11-13H2/t18-,19?,20+,21-/m1/s1. The van der Waals surface area contributed by atoms with E-state index in [-0.39, 0.29) is 10.8 Å². The van der Waals surface area contributed by atoms with Crippen molar-refractivity contribution in [2.24, 2.45) is 5.92 Å². The second kappa shape index (κ2) is 4.19. The van der Waals surface area contributed by atoms with Gasteiger partial charge in [0.25, 0.3) is 0 Å². The highest BCUT2D eigenvalue weighted by Crippen LogP contribution is 2.74. The normalized spacial score (nSPS) is 46.0. The Balaban J connectivity index is 1.49. The molecule has 1 unspecified atom stereocenters. The molecule has 3 heteroatoms. The zero-order chi connectivity index (χ0) is 16.2. The molecule has 4 aliphatic carbocycles. The minimum Gasteiger partial charge on any atom is -0.508 e.